The predicted octanol–water partition coefficient (Wildman–Crippen LogP) is 4.83. The van der Waals surface area contributed by atoms with E-state index in [1.54, 1.807) is 18.2 Å². The van der Waals surface area contributed by atoms with Crippen molar-refractivity contribution in [1.82, 2.24) is 0 Å². The lowest BCUT2D eigenvalue weighted by Gasteiger charge is -2.07. The zero-order valence-corrected chi connectivity index (χ0v) is 11.1. The van der Waals surface area contributed by atoms with Crippen LogP contribution in [0.2, 0.25) is 0 Å². The highest BCUT2D eigenvalue weighted by atomic mass is 16.1. The van der Waals surface area contributed by atoms with Crippen LogP contribution in [-0.2, 0) is 0 Å². The topological polar surface area (TPSA) is 17.1 Å². The standard InChI is InChI=1S/C19H14O/c1-4-12-8-7-9-15-16-13(5-2)10-11-14(6-3)18(16)19(20)17(12)15/h4-11H,1-3H2. The number of carbonyl (C=O) groups excluding carboxylic acids is 1. The van der Waals surface area contributed by atoms with Crippen LogP contribution in [0.5, 0.6) is 0 Å². The van der Waals surface area contributed by atoms with Gasteiger partial charge in [-0.15, -0.1) is 0 Å². The Morgan fingerprint density at radius 2 is 1.25 bits per heavy atom. The molecular formula is C19H14O. The summed E-state index contributed by atoms with van der Waals surface area (Å²) < 4.78 is 0. The van der Waals surface area contributed by atoms with Crippen molar-refractivity contribution in [3.63, 3.8) is 0 Å². The normalized spacial score (nSPS) is 11.7. The highest BCUT2D eigenvalue weighted by Gasteiger charge is 2.31. The Bertz CT molecular complexity index is 779. The van der Waals surface area contributed by atoms with Crippen molar-refractivity contribution in [3.05, 3.63) is 77.9 Å². The first-order valence-electron chi connectivity index (χ1n) is 6.45. The first kappa shape index (κ1) is 12.4. The molecule has 0 N–H and O–H groups in total. The van der Waals surface area contributed by atoms with Gasteiger partial charge in [0.2, 0.25) is 0 Å². The van der Waals surface area contributed by atoms with Gasteiger partial charge in [0, 0.05) is 16.7 Å². The van der Waals surface area contributed by atoms with Crippen LogP contribution in [0.1, 0.15) is 32.6 Å². The summed E-state index contributed by atoms with van der Waals surface area (Å²) in [6.07, 6.45) is 5.24. The van der Waals surface area contributed by atoms with Crippen molar-refractivity contribution in [1.29, 1.82) is 0 Å². The van der Waals surface area contributed by atoms with E-state index in [-0.39, 0.29) is 5.78 Å². The summed E-state index contributed by atoms with van der Waals surface area (Å²) >= 11 is 0. The summed E-state index contributed by atoms with van der Waals surface area (Å²) in [6.45, 7) is 11.5. The number of ketones is 1. The van der Waals surface area contributed by atoms with Crippen molar-refractivity contribution in [2.75, 3.05) is 0 Å². The van der Waals surface area contributed by atoms with Crippen LogP contribution in [0.3, 0.4) is 0 Å². The molecule has 0 fully saturated rings. The number of benzene rings is 2. The molecule has 0 saturated carbocycles. The molecule has 2 aromatic carbocycles. The van der Waals surface area contributed by atoms with E-state index in [0.29, 0.717) is 0 Å². The summed E-state index contributed by atoms with van der Waals surface area (Å²) in [7, 11) is 0. The average Bonchev–Trinajstić information content (AvgIpc) is 2.80. The Labute approximate surface area is 118 Å². The van der Waals surface area contributed by atoms with E-state index in [1.807, 2.05) is 30.3 Å². The van der Waals surface area contributed by atoms with E-state index >= 15 is 0 Å². The third-order valence-electron chi connectivity index (χ3n) is 3.75. The van der Waals surface area contributed by atoms with Gasteiger partial charge in [0.05, 0.1) is 0 Å². The van der Waals surface area contributed by atoms with E-state index < -0.39 is 0 Å². The smallest absolute Gasteiger partial charge is 0.195 e. The Morgan fingerprint density at radius 3 is 1.85 bits per heavy atom. The van der Waals surface area contributed by atoms with Gasteiger partial charge in [-0.2, -0.15) is 0 Å². The van der Waals surface area contributed by atoms with Crippen molar-refractivity contribution in [2.45, 2.75) is 0 Å². The van der Waals surface area contributed by atoms with Crippen LogP contribution in [0.15, 0.2) is 50.1 Å². The molecule has 0 amide bonds. The molecule has 96 valence electrons. The first-order valence-corrected chi connectivity index (χ1v) is 6.45. The second kappa shape index (κ2) is 4.46. The lowest BCUT2D eigenvalue weighted by atomic mass is 9.95. The van der Waals surface area contributed by atoms with E-state index in [9.17, 15) is 4.79 Å². The number of hydrogen-bond acceptors (Lipinski definition) is 1. The summed E-state index contributed by atoms with van der Waals surface area (Å²) in [5, 5.41) is 0. The fourth-order valence-electron chi connectivity index (χ4n) is 2.84. The molecule has 0 aliphatic heterocycles. The minimum atomic E-state index is 0.0455. The quantitative estimate of drug-likeness (QED) is 0.657. The van der Waals surface area contributed by atoms with Gasteiger partial charge in [-0.25, -0.2) is 0 Å². The molecule has 3 rings (SSSR count). The van der Waals surface area contributed by atoms with Crippen molar-refractivity contribution in [2.24, 2.45) is 0 Å². The number of carbonyl (C=O) groups is 1. The minimum Gasteiger partial charge on any atom is -0.289 e. The van der Waals surface area contributed by atoms with Gasteiger partial charge >= 0.3 is 0 Å². The van der Waals surface area contributed by atoms with Crippen LogP contribution in [0.25, 0.3) is 29.4 Å². The van der Waals surface area contributed by atoms with Crippen molar-refractivity contribution in [3.8, 4) is 11.1 Å². The monoisotopic (exact) mass is 258 g/mol. The molecule has 0 saturated heterocycles. The molecule has 1 aliphatic carbocycles. The van der Waals surface area contributed by atoms with Crippen LogP contribution in [0.4, 0.5) is 0 Å². The summed E-state index contributed by atoms with van der Waals surface area (Å²) in [4.78, 5) is 12.8. The first-order chi connectivity index (χ1) is 9.72. The maximum atomic E-state index is 12.8. The molecule has 1 nitrogen and oxygen atoms in total. The van der Waals surface area contributed by atoms with Crippen molar-refractivity contribution < 1.29 is 4.79 Å². The Hall–Kier alpha value is -2.67. The molecule has 1 heteroatoms. The van der Waals surface area contributed by atoms with Crippen LogP contribution in [-0.4, -0.2) is 5.78 Å². The summed E-state index contributed by atoms with van der Waals surface area (Å²) in [5.74, 6) is 0.0455. The zero-order chi connectivity index (χ0) is 14.3. The van der Waals surface area contributed by atoms with Gasteiger partial charge in [-0.3, -0.25) is 4.79 Å². The molecule has 0 unspecified atom stereocenters. The van der Waals surface area contributed by atoms with E-state index in [4.69, 9.17) is 0 Å². The largest absolute Gasteiger partial charge is 0.289 e. The Morgan fingerprint density at radius 1 is 0.700 bits per heavy atom. The molecule has 0 heterocycles. The lowest BCUT2D eigenvalue weighted by Crippen LogP contribution is -2.00. The van der Waals surface area contributed by atoms with Gasteiger partial charge in [0.1, 0.15) is 0 Å². The Kier molecular flexibility index (Phi) is 2.76. The molecule has 0 spiro atoms. The SMILES string of the molecule is C=Cc1cccc2c1C(=O)c1c(C=C)ccc(C=C)c1-2. The van der Waals surface area contributed by atoms with E-state index in [2.05, 4.69) is 19.7 Å². The van der Waals surface area contributed by atoms with Crippen molar-refractivity contribution >= 4 is 24.0 Å². The minimum absolute atomic E-state index is 0.0455. The van der Waals surface area contributed by atoms with Crippen LogP contribution >= 0.6 is 0 Å². The second-order valence-electron chi connectivity index (χ2n) is 4.71. The van der Waals surface area contributed by atoms with E-state index in [1.165, 1.54) is 0 Å². The van der Waals surface area contributed by atoms with Crippen LogP contribution < -0.4 is 0 Å². The fourth-order valence-corrected chi connectivity index (χ4v) is 2.84. The summed E-state index contributed by atoms with van der Waals surface area (Å²) in [5.41, 5.74) is 6.08. The molecule has 0 radical (unpaired) electrons. The molecular weight excluding hydrogens is 244 g/mol. The van der Waals surface area contributed by atoms with Gasteiger partial charge < -0.3 is 0 Å². The Balaban J connectivity index is 2.48. The van der Waals surface area contributed by atoms with E-state index in [0.717, 1.165) is 38.9 Å². The van der Waals surface area contributed by atoms with Crippen LogP contribution in [0, 0.1) is 0 Å². The average molecular weight is 258 g/mol. The maximum absolute atomic E-state index is 12.8. The maximum Gasteiger partial charge on any atom is 0.195 e. The second-order valence-corrected chi connectivity index (χ2v) is 4.71. The molecule has 1 aliphatic rings. The predicted molar refractivity (Wildman–Crippen MR) is 85.6 cm³/mol. The molecule has 0 bridgehead atoms. The fraction of sp³-hybridized carbons (Fsp3) is 0. The van der Waals surface area contributed by atoms with Gasteiger partial charge in [0.25, 0.3) is 0 Å². The van der Waals surface area contributed by atoms with Gasteiger partial charge in [0.15, 0.2) is 5.78 Å². The molecule has 20 heavy (non-hydrogen) atoms. The third kappa shape index (κ3) is 1.47. The van der Waals surface area contributed by atoms with Gasteiger partial charge in [-0.1, -0.05) is 68.3 Å². The number of fused-ring (bicyclic) bond motifs is 3. The number of hydrogen-bond donors (Lipinski definition) is 0. The van der Waals surface area contributed by atoms with Gasteiger partial charge in [-0.05, 0) is 22.3 Å². The highest BCUT2D eigenvalue weighted by Crippen LogP contribution is 2.42. The molecule has 0 atom stereocenters. The molecule has 0 aromatic heterocycles. The highest BCUT2D eigenvalue weighted by molar-refractivity contribution is 6.25. The number of rotatable bonds is 3. The zero-order valence-electron chi connectivity index (χ0n) is 11.1. The lowest BCUT2D eigenvalue weighted by molar-refractivity contribution is 0.104. The summed E-state index contributed by atoms with van der Waals surface area (Å²) in [6, 6.07) is 9.74. The third-order valence-corrected chi connectivity index (χ3v) is 3.75. The molecule has 2 aromatic rings.